The van der Waals surface area contributed by atoms with Gasteiger partial charge >= 0.3 is 0 Å². The summed E-state index contributed by atoms with van der Waals surface area (Å²) in [4.78, 5) is 12.2. The standard InChI is InChI=1S/C19H13FN4S/c1-24-9-15(12-6-11(20)2-3-18(12)24)19-23-17(10-25-19)14-8-22-16-4-5-21-7-13(14)16/h2-10,22H,1H3. The monoisotopic (exact) mass is 348 g/mol. The van der Waals surface area contributed by atoms with Gasteiger partial charge in [-0.25, -0.2) is 9.37 Å². The Kier molecular flexibility index (Phi) is 3.02. The van der Waals surface area contributed by atoms with Crippen molar-refractivity contribution in [1.82, 2.24) is 19.5 Å². The van der Waals surface area contributed by atoms with Crippen LogP contribution in [-0.4, -0.2) is 19.5 Å². The van der Waals surface area contributed by atoms with E-state index in [-0.39, 0.29) is 5.82 Å². The predicted octanol–water partition coefficient (Wildman–Crippen LogP) is 4.98. The molecule has 0 saturated heterocycles. The van der Waals surface area contributed by atoms with Crippen LogP contribution in [0.3, 0.4) is 0 Å². The molecule has 1 N–H and O–H groups in total. The number of fused-ring (bicyclic) bond motifs is 2. The van der Waals surface area contributed by atoms with E-state index in [1.807, 2.05) is 41.7 Å². The molecule has 25 heavy (non-hydrogen) atoms. The highest BCUT2D eigenvalue weighted by Crippen LogP contribution is 2.36. The van der Waals surface area contributed by atoms with Gasteiger partial charge in [0, 0.05) is 70.1 Å². The van der Waals surface area contributed by atoms with Gasteiger partial charge in [0.1, 0.15) is 10.8 Å². The van der Waals surface area contributed by atoms with E-state index in [1.165, 1.54) is 6.07 Å². The molecule has 0 amide bonds. The maximum absolute atomic E-state index is 13.7. The molecule has 0 saturated carbocycles. The number of nitrogens with one attached hydrogen (secondary N) is 1. The molecule has 0 fully saturated rings. The molecule has 0 spiro atoms. The molecule has 0 aliphatic carbocycles. The Morgan fingerprint density at radius 1 is 1.16 bits per heavy atom. The number of pyridine rings is 1. The molecule has 0 radical (unpaired) electrons. The zero-order chi connectivity index (χ0) is 17.0. The van der Waals surface area contributed by atoms with E-state index >= 15 is 0 Å². The predicted molar refractivity (Wildman–Crippen MR) is 99.1 cm³/mol. The summed E-state index contributed by atoms with van der Waals surface area (Å²) >= 11 is 1.56. The number of thiazole rings is 1. The Labute approximate surface area is 146 Å². The first kappa shape index (κ1) is 14.4. The summed E-state index contributed by atoms with van der Waals surface area (Å²) in [6.07, 6.45) is 7.56. The molecule has 4 aromatic heterocycles. The first-order chi connectivity index (χ1) is 12.2. The van der Waals surface area contributed by atoms with Gasteiger partial charge in [-0.3, -0.25) is 4.98 Å². The average molecular weight is 348 g/mol. The van der Waals surface area contributed by atoms with E-state index in [9.17, 15) is 4.39 Å². The third kappa shape index (κ3) is 2.18. The molecule has 4 nitrogen and oxygen atoms in total. The summed E-state index contributed by atoms with van der Waals surface area (Å²) in [6.45, 7) is 0. The summed E-state index contributed by atoms with van der Waals surface area (Å²) in [5, 5.41) is 4.83. The van der Waals surface area contributed by atoms with E-state index in [0.29, 0.717) is 0 Å². The number of nitrogens with zero attached hydrogens (tertiary/aromatic N) is 3. The molecule has 0 bridgehead atoms. The lowest BCUT2D eigenvalue weighted by Gasteiger charge is -1.96. The highest BCUT2D eigenvalue weighted by atomic mass is 32.1. The molecular formula is C19H13FN4S. The number of hydrogen-bond donors (Lipinski definition) is 1. The molecule has 0 aliphatic rings. The van der Waals surface area contributed by atoms with E-state index in [1.54, 1.807) is 29.7 Å². The van der Waals surface area contributed by atoms with Gasteiger partial charge in [0.15, 0.2) is 0 Å². The fourth-order valence-corrected chi connectivity index (χ4v) is 4.07. The number of halogens is 1. The number of aryl methyl sites for hydroxylation is 1. The minimum atomic E-state index is -0.237. The zero-order valence-corrected chi connectivity index (χ0v) is 14.1. The number of hydrogen-bond acceptors (Lipinski definition) is 3. The van der Waals surface area contributed by atoms with Gasteiger partial charge in [0.25, 0.3) is 0 Å². The van der Waals surface area contributed by atoms with E-state index < -0.39 is 0 Å². The van der Waals surface area contributed by atoms with Crippen molar-refractivity contribution in [3.63, 3.8) is 0 Å². The Balaban J connectivity index is 1.67. The SMILES string of the molecule is Cn1cc(-c2nc(-c3c[nH]c4ccncc34)cs2)c2cc(F)ccc21. The number of aromatic nitrogens is 4. The maximum atomic E-state index is 13.7. The lowest BCUT2D eigenvalue weighted by molar-refractivity contribution is 0.629. The molecule has 5 aromatic rings. The third-order valence-electron chi connectivity index (χ3n) is 4.45. The fraction of sp³-hybridized carbons (Fsp3) is 0.0526. The summed E-state index contributed by atoms with van der Waals surface area (Å²) in [7, 11) is 1.96. The number of aromatic amines is 1. The van der Waals surface area contributed by atoms with Crippen LogP contribution in [0.5, 0.6) is 0 Å². The summed E-state index contributed by atoms with van der Waals surface area (Å²) in [6, 6.07) is 6.80. The lowest BCUT2D eigenvalue weighted by Crippen LogP contribution is -1.83. The molecule has 1 aromatic carbocycles. The first-order valence-corrected chi connectivity index (χ1v) is 8.70. The highest BCUT2D eigenvalue weighted by Gasteiger charge is 2.15. The van der Waals surface area contributed by atoms with Crippen molar-refractivity contribution < 1.29 is 4.39 Å². The maximum Gasteiger partial charge on any atom is 0.126 e. The largest absolute Gasteiger partial charge is 0.360 e. The van der Waals surface area contributed by atoms with Crippen molar-refractivity contribution in [2.45, 2.75) is 0 Å². The second kappa shape index (κ2) is 5.26. The fourth-order valence-electron chi connectivity index (χ4n) is 3.23. The quantitative estimate of drug-likeness (QED) is 0.489. The van der Waals surface area contributed by atoms with Crippen LogP contribution in [0, 0.1) is 5.82 Å². The Morgan fingerprint density at radius 2 is 2.08 bits per heavy atom. The summed E-state index contributed by atoms with van der Waals surface area (Å²) < 4.78 is 15.7. The van der Waals surface area contributed by atoms with Gasteiger partial charge in [-0.1, -0.05) is 0 Å². The Morgan fingerprint density at radius 3 is 3.00 bits per heavy atom. The zero-order valence-electron chi connectivity index (χ0n) is 13.3. The van der Waals surface area contributed by atoms with Crippen LogP contribution in [0.2, 0.25) is 0 Å². The molecule has 4 heterocycles. The smallest absolute Gasteiger partial charge is 0.126 e. The molecule has 0 aliphatic heterocycles. The summed E-state index contributed by atoms with van der Waals surface area (Å²) in [5.74, 6) is -0.237. The minimum Gasteiger partial charge on any atom is -0.360 e. The van der Waals surface area contributed by atoms with Crippen molar-refractivity contribution in [2.75, 3.05) is 0 Å². The van der Waals surface area contributed by atoms with Crippen LogP contribution >= 0.6 is 11.3 Å². The molecule has 6 heteroatoms. The average Bonchev–Trinajstić information content (AvgIpc) is 3.31. The van der Waals surface area contributed by atoms with Gasteiger partial charge in [-0.15, -0.1) is 11.3 Å². The summed E-state index contributed by atoms with van der Waals surface area (Å²) in [5.41, 5.74) is 4.90. The van der Waals surface area contributed by atoms with Crippen LogP contribution in [0.4, 0.5) is 4.39 Å². The van der Waals surface area contributed by atoms with Crippen molar-refractivity contribution in [3.8, 4) is 21.8 Å². The van der Waals surface area contributed by atoms with Crippen molar-refractivity contribution >= 4 is 33.1 Å². The topological polar surface area (TPSA) is 46.5 Å². The number of rotatable bonds is 2. The molecule has 5 rings (SSSR count). The Hall–Kier alpha value is -2.99. The number of benzene rings is 1. The van der Waals surface area contributed by atoms with Crippen molar-refractivity contribution in [1.29, 1.82) is 0 Å². The van der Waals surface area contributed by atoms with Gasteiger partial charge in [0.2, 0.25) is 0 Å². The van der Waals surface area contributed by atoms with Crippen LogP contribution in [0.15, 0.2) is 54.4 Å². The minimum absolute atomic E-state index is 0.237. The molecule has 0 unspecified atom stereocenters. The van der Waals surface area contributed by atoms with Crippen LogP contribution < -0.4 is 0 Å². The molecule has 122 valence electrons. The normalized spacial score (nSPS) is 11.6. The van der Waals surface area contributed by atoms with Gasteiger partial charge in [0.05, 0.1) is 5.69 Å². The molecule has 0 atom stereocenters. The van der Waals surface area contributed by atoms with Crippen LogP contribution in [0.25, 0.3) is 43.6 Å². The third-order valence-corrected chi connectivity index (χ3v) is 5.32. The Bertz CT molecular complexity index is 1230. The van der Waals surface area contributed by atoms with Crippen molar-refractivity contribution in [2.24, 2.45) is 7.05 Å². The highest BCUT2D eigenvalue weighted by molar-refractivity contribution is 7.13. The van der Waals surface area contributed by atoms with Crippen LogP contribution in [0.1, 0.15) is 0 Å². The van der Waals surface area contributed by atoms with Crippen LogP contribution in [-0.2, 0) is 7.05 Å². The second-order valence-electron chi connectivity index (χ2n) is 5.98. The molecular weight excluding hydrogens is 335 g/mol. The van der Waals surface area contributed by atoms with Crippen molar-refractivity contribution in [3.05, 3.63) is 60.3 Å². The van der Waals surface area contributed by atoms with E-state index in [0.717, 1.165) is 43.6 Å². The van der Waals surface area contributed by atoms with Gasteiger partial charge in [-0.2, -0.15) is 0 Å². The lowest BCUT2D eigenvalue weighted by atomic mass is 10.1. The van der Waals surface area contributed by atoms with E-state index in [2.05, 4.69) is 9.97 Å². The van der Waals surface area contributed by atoms with Gasteiger partial charge < -0.3 is 9.55 Å². The van der Waals surface area contributed by atoms with E-state index in [4.69, 9.17) is 4.98 Å². The van der Waals surface area contributed by atoms with Gasteiger partial charge in [-0.05, 0) is 24.3 Å². The first-order valence-electron chi connectivity index (χ1n) is 7.82. The number of H-pyrrole nitrogens is 1. The second-order valence-corrected chi connectivity index (χ2v) is 6.83.